The number of aryl methyl sites for hydroxylation is 1. The Kier molecular flexibility index (Phi) is 7.94. The highest BCUT2D eigenvalue weighted by atomic mass is 32.2. The lowest BCUT2D eigenvalue weighted by Crippen LogP contribution is -2.42. The van der Waals surface area contributed by atoms with Gasteiger partial charge in [-0.2, -0.15) is 4.98 Å². The number of anilines is 2. The molecule has 1 aromatic rings. The Bertz CT molecular complexity index is 900. The fourth-order valence-electron chi connectivity index (χ4n) is 4.31. The van der Waals surface area contributed by atoms with E-state index >= 15 is 0 Å². The maximum Gasteiger partial charge on any atom is 0.306 e. The summed E-state index contributed by atoms with van der Waals surface area (Å²) in [5, 5.41) is 17.4. The molecule has 2 heterocycles. The maximum atomic E-state index is 11.8. The number of carbonyl (C=O) groups excluding carboxylic acids is 1. The van der Waals surface area contributed by atoms with Gasteiger partial charge in [-0.25, -0.2) is 17.7 Å². The second kappa shape index (κ2) is 10.3. The average molecular weight is 470 g/mol. The summed E-state index contributed by atoms with van der Waals surface area (Å²) < 4.78 is 30.0. The van der Waals surface area contributed by atoms with Crippen LogP contribution in [-0.4, -0.2) is 77.4 Å². The van der Waals surface area contributed by atoms with E-state index in [1.807, 2.05) is 6.92 Å². The highest BCUT2D eigenvalue weighted by Gasteiger charge is 2.37. The summed E-state index contributed by atoms with van der Waals surface area (Å²) in [6, 6.07) is -0.0644. The monoisotopic (exact) mass is 469 g/mol. The van der Waals surface area contributed by atoms with Gasteiger partial charge >= 0.3 is 5.97 Å². The van der Waals surface area contributed by atoms with Crippen molar-refractivity contribution in [3.8, 4) is 0 Å². The molecule has 32 heavy (non-hydrogen) atoms. The Hall–Kier alpha value is -1.98. The molecule has 3 rings (SSSR count). The molecule has 0 aromatic carbocycles. The van der Waals surface area contributed by atoms with Gasteiger partial charge in [0.2, 0.25) is 16.0 Å². The molecule has 2 aliphatic rings. The third-order valence-electron chi connectivity index (χ3n) is 6.26. The molecule has 1 aliphatic carbocycles. The van der Waals surface area contributed by atoms with Crippen LogP contribution in [0.25, 0.3) is 0 Å². The molecule has 3 N–H and O–H groups in total. The van der Waals surface area contributed by atoms with E-state index in [0.29, 0.717) is 50.7 Å². The van der Waals surface area contributed by atoms with Gasteiger partial charge in [-0.1, -0.05) is 0 Å². The van der Waals surface area contributed by atoms with Crippen molar-refractivity contribution in [2.45, 2.75) is 76.5 Å². The van der Waals surface area contributed by atoms with Crippen LogP contribution in [0.3, 0.4) is 0 Å². The predicted molar refractivity (Wildman–Crippen MR) is 122 cm³/mol. The SMILES string of the molecule is CCOC(=O)CCc1cnc(NC2CCN(S(C)(=O)=O)CC2)nc1N[C@@H]1CCC[C@@]1(C)O. The first kappa shape index (κ1) is 24.7. The third kappa shape index (κ3) is 6.52. The van der Waals surface area contributed by atoms with E-state index in [1.54, 1.807) is 13.1 Å². The normalized spacial score (nSPS) is 24.9. The molecular formula is C21H35N5O5S. The Morgan fingerprint density at radius 3 is 2.62 bits per heavy atom. The van der Waals surface area contributed by atoms with Crippen LogP contribution in [0.5, 0.6) is 0 Å². The average Bonchev–Trinajstić information content (AvgIpc) is 3.05. The minimum Gasteiger partial charge on any atom is -0.466 e. The summed E-state index contributed by atoms with van der Waals surface area (Å²) in [6.45, 7) is 4.86. The van der Waals surface area contributed by atoms with Gasteiger partial charge in [0, 0.05) is 37.3 Å². The standard InChI is InChI=1S/C21H35N5O5S/c1-4-31-18(27)8-7-15-14-22-20(23-16-9-12-26(13-10-16)32(3,29)30)25-19(15)24-17-6-5-11-21(17,2)28/h14,16-17,28H,4-13H2,1-3H3,(H2,22,23,24,25)/t17-,21-/m1/s1. The number of nitrogens with one attached hydrogen (secondary N) is 2. The molecule has 1 aromatic heterocycles. The van der Waals surface area contributed by atoms with Crippen molar-refractivity contribution >= 4 is 27.8 Å². The molecule has 0 radical (unpaired) electrons. The zero-order valence-electron chi connectivity index (χ0n) is 19.1. The smallest absolute Gasteiger partial charge is 0.306 e. The Morgan fingerprint density at radius 1 is 1.31 bits per heavy atom. The van der Waals surface area contributed by atoms with Crippen molar-refractivity contribution in [1.29, 1.82) is 0 Å². The van der Waals surface area contributed by atoms with Gasteiger partial charge in [-0.15, -0.1) is 0 Å². The van der Waals surface area contributed by atoms with E-state index in [1.165, 1.54) is 10.6 Å². The Labute approximate surface area is 190 Å². The highest BCUT2D eigenvalue weighted by molar-refractivity contribution is 7.88. The van der Waals surface area contributed by atoms with Gasteiger partial charge in [0.25, 0.3) is 0 Å². The molecule has 11 heteroatoms. The lowest BCUT2D eigenvalue weighted by Gasteiger charge is -2.31. The first-order valence-electron chi connectivity index (χ1n) is 11.3. The van der Waals surface area contributed by atoms with E-state index in [0.717, 1.165) is 24.8 Å². The zero-order chi connectivity index (χ0) is 23.4. The summed E-state index contributed by atoms with van der Waals surface area (Å²) in [4.78, 5) is 20.9. The second-order valence-electron chi connectivity index (χ2n) is 8.90. The Morgan fingerprint density at radius 2 is 2.03 bits per heavy atom. The van der Waals surface area contributed by atoms with Crippen LogP contribution in [0.15, 0.2) is 6.20 Å². The van der Waals surface area contributed by atoms with Gasteiger partial charge in [-0.05, 0) is 52.4 Å². The number of rotatable bonds is 9. The number of sulfonamides is 1. The number of ether oxygens (including phenoxy) is 1. The lowest BCUT2D eigenvalue weighted by molar-refractivity contribution is -0.143. The molecule has 2 fully saturated rings. The number of nitrogens with zero attached hydrogens (tertiary/aromatic N) is 3. The number of piperidine rings is 1. The topological polar surface area (TPSA) is 134 Å². The summed E-state index contributed by atoms with van der Waals surface area (Å²) in [6.07, 6.45) is 7.41. The zero-order valence-corrected chi connectivity index (χ0v) is 19.9. The fraction of sp³-hybridized carbons (Fsp3) is 0.762. The van der Waals surface area contributed by atoms with E-state index in [-0.39, 0.29) is 24.5 Å². The van der Waals surface area contributed by atoms with Crippen molar-refractivity contribution in [2.24, 2.45) is 0 Å². The van der Waals surface area contributed by atoms with E-state index < -0.39 is 15.6 Å². The third-order valence-corrected chi connectivity index (χ3v) is 7.57. The van der Waals surface area contributed by atoms with Crippen LogP contribution in [-0.2, 0) is 26.0 Å². The predicted octanol–water partition coefficient (Wildman–Crippen LogP) is 1.52. The molecule has 0 bridgehead atoms. The Balaban J connectivity index is 1.71. The summed E-state index contributed by atoms with van der Waals surface area (Å²) in [5.41, 5.74) is -0.0340. The number of aliphatic hydroxyl groups is 1. The van der Waals surface area contributed by atoms with Gasteiger partial charge in [-0.3, -0.25) is 4.79 Å². The molecule has 180 valence electrons. The number of hydrogen-bond donors (Lipinski definition) is 3. The molecule has 2 atom stereocenters. The van der Waals surface area contributed by atoms with Crippen molar-refractivity contribution in [2.75, 3.05) is 36.6 Å². The first-order valence-corrected chi connectivity index (χ1v) is 13.2. The van der Waals surface area contributed by atoms with Crippen LogP contribution in [0.1, 0.15) is 57.9 Å². The maximum absolute atomic E-state index is 11.8. The fourth-order valence-corrected chi connectivity index (χ4v) is 5.18. The van der Waals surface area contributed by atoms with Gasteiger partial charge in [0.1, 0.15) is 5.82 Å². The highest BCUT2D eigenvalue weighted by Crippen LogP contribution is 2.32. The van der Waals surface area contributed by atoms with Crippen LogP contribution in [0, 0.1) is 0 Å². The van der Waals surface area contributed by atoms with Gasteiger partial charge in [0.15, 0.2) is 0 Å². The quantitative estimate of drug-likeness (QED) is 0.460. The minimum absolute atomic E-state index is 0.0702. The number of carbonyl (C=O) groups is 1. The van der Waals surface area contributed by atoms with E-state index in [2.05, 4.69) is 20.6 Å². The van der Waals surface area contributed by atoms with E-state index in [4.69, 9.17) is 4.74 Å². The first-order chi connectivity index (χ1) is 15.1. The molecule has 0 amide bonds. The molecule has 1 saturated heterocycles. The minimum atomic E-state index is -3.17. The molecule has 10 nitrogen and oxygen atoms in total. The van der Waals surface area contributed by atoms with Crippen molar-refractivity contribution < 1.29 is 23.1 Å². The summed E-state index contributed by atoms with van der Waals surface area (Å²) in [7, 11) is -3.17. The van der Waals surface area contributed by atoms with Crippen molar-refractivity contribution in [3.05, 3.63) is 11.8 Å². The number of esters is 1. The largest absolute Gasteiger partial charge is 0.466 e. The van der Waals surface area contributed by atoms with Crippen molar-refractivity contribution in [1.82, 2.24) is 14.3 Å². The molecule has 0 unspecified atom stereocenters. The van der Waals surface area contributed by atoms with Gasteiger partial charge in [0.05, 0.1) is 24.5 Å². The number of hydrogen-bond acceptors (Lipinski definition) is 9. The van der Waals surface area contributed by atoms with Crippen LogP contribution in [0.4, 0.5) is 11.8 Å². The molecule has 1 saturated carbocycles. The molecule has 1 aliphatic heterocycles. The second-order valence-corrected chi connectivity index (χ2v) is 10.9. The van der Waals surface area contributed by atoms with Crippen LogP contribution >= 0.6 is 0 Å². The van der Waals surface area contributed by atoms with Crippen molar-refractivity contribution in [3.63, 3.8) is 0 Å². The number of aromatic nitrogens is 2. The van der Waals surface area contributed by atoms with Crippen LogP contribution < -0.4 is 10.6 Å². The molecule has 0 spiro atoms. The lowest BCUT2D eigenvalue weighted by atomic mass is 10.0. The van der Waals surface area contributed by atoms with Crippen LogP contribution in [0.2, 0.25) is 0 Å². The van der Waals surface area contributed by atoms with Gasteiger partial charge < -0.3 is 20.5 Å². The van der Waals surface area contributed by atoms with E-state index in [9.17, 15) is 18.3 Å². The molecular weight excluding hydrogens is 434 g/mol. The summed E-state index contributed by atoms with van der Waals surface area (Å²) >= 11 is 0. The summed E-state index contributed by atoms with van der Waals surface area (Å²) in [5.74, 6) is 0.779.